The minimum absolute atomic E-state index is 0.0192. The number of nitro benzene ring substituents is 1. The van der Waals surface area contributed by atoms with Gasteiger partial charge in [-0.1, -0.05) is 36.4 Å². The molecule has 186 valence electrons. The van der Waals surface area contributed by atoms with Crippen molar-refractivity contribution >= 4 is 34.8 Å². The molecule has 0 saturated heterocycles. The fraction of sp³-hybridized carbons (Fsp3) is 0.0741. The first-order chi connectivity index (χ1) is 17.8. The molecule has 0 aliphatic carbocycles. The zero-order chi connectivity index (χ0) is 26.4. The predicted octanol–water partition coefficient (Wildman–Crippen LogP) is 5.29. The Morgan fingerprint density at radius 2 is 1.65 bits per heavy atom. The second kappa shape index (κ2) is 11.0. The van der Waals surface area contributed by atoms with Crippen LogP contribution in [-0.2, 0) is 9.53 Å². The van der Waals surface area contributed by atoms with Crippen LogP contribution in [0, 0.1) is 17.0 Å². The average molecular weight is 499 g/mol. The summed E-state index contributed by atoms with van der Waals surface area (Å²) in [6, 6.07) is 21.7. The van der Waals surface area contributed by atoms with E-state index in [-0.39, 0.29) is 22.7 Å². The zero-order valence-electron chi connectivity index (χ0n) is 19.5. The number of amides is 2. The Morgan fingerprint density at radius 3 is 2.30 bits per heavy atom. The Bertz CT molecular complexity index is 1430. The van der Waals surface area contributed by atoms with Crippen molar-refractivity contribution in [2.24, 2.45) is 0 Å². The number of hydrogen-bond acceptors (Lipinski definition) is 7. The van der Waals surface area contributed by atoms with Gasteiger partial charge in [-0.2, -0.15) is 0 Å². The van der Waals surface area contributed by atoms with Gasteiger partial charge in [0.2, 0.25) is 6.10 Å². The molecular formula is C27H21N3O7. The lowest BCUT2D eigenvalue weighted by Crippen LogP contribution is -2.26. The Morgan fingerprint density at radius 1 is 0.919 bits per heavy atom. The highest BCUT2D eigenvalue weighted by Gasteiger charge is 2.28. The molecule has 4 aromatic rings. The number of nitrogens with one attached hydrogen (secondary N) is 2. The lowest BCUT2D eigenvalue weighted by Gasteiger charge is -2.18. The number of nitrogens with zero attached hydrogens (tertiary/aromatic N) is 1. The maximum Gasteiger partial charge on any atom is 0.339 e. The summed E-state index contributed by atoms with van der Waals surface area (Å²) in [6.07, 6.45) is -0.00222. The van der Waals surface area contributed by atoms with E-state index in [1.54, 1.807) is 49.4 Å². The summed E-state index contributed by atoms with van der Waals surface area (Å²) in [4.78, 5) is 49.1. The fourth-order valence-corrected chi connectivity index (χ4v) is 3.46. The quantitative estimate of drug-likeness (QED) is 0.191. The molecule has 0 fully saturated rings. The molecule has 1 heterocycles. The highest BCUT2D eigenvalue weighted by Crippen LogP contribution is 2.28. The molecule has 10 heteroatoms. The number of hydrogen-bond donors (Lipinski definition) is 2. The van der Waals surface area contributed by atoms with Crippen LogP contribution in [0.2, 0.25) is 0 Å². The molecule has 3 aromatic carbocycles. The number of anilines is 2. The summed E-state index contributed by atoms with van der Waals surface area (Å²) in [7, 11) is 0. The number of ether oxygens (including phenoxy) is 1. The second-order valence-corrected chi connectivity index (χ2v) is 7.97. The molecule has 1 aromatic heterocycles. The highest BCUT2D eigenvalue weighted by molar-refractivity contribution is 6.03. The molecule has 2 N–H and O–H groups in total. The van der Waals surface area contributed by atoms with E-state index >= 15 is 0 Å². The van der Waals surface area contributed by atoms with Crippen molar-refractivity contribution in [1.29, 1.82) is 0 Å². The van der Waals surface area contributed by atoms with Crippen LogP contribution in [0.5, 0.6) is 0 Å². The van der Waals surface area contributed by atoms with Crippen molar-refractivity contribution in [2.45, 2.75) is 13.0 Å². The second-order valence-electron chi connectivity index (χ2n) is 7.97. The Kier molecular flexibility index (Phi) is 7.39. The summed E-state index contributed by atoms with van der Waals surface area (Å²) < 4.78 is 10.6. The Hall–Kier alpha value is -5.25. The van der Waals surface area contributed by atoms with Gasteiger partial charge in [-0.05, 0) is 55.0 Å². The van der Waals surface area contributed by atoms with Gasteiger partial charge in [-0.25, -0.2) is 4.79 Å². The van der Waals surface area contributed by atoms with Crippen LogP contribution < -0.4 is 10.6 Å². The van der Waals surface area contributed by atoms with E-state index < -0.39 is 28.8 Å². The minimum atomic E-state index is -1.38. The van der Waals surface area contributed by atoms with Gasteiger partial charge in [-0.15, -0.1) is 0 Å². The van der Waals surface area contributed by atoms with Crippen molar-refractivity contribution in [2.75, 3.05) is 10.6 Å². The topological polar surface area (TPSA) is 141 Å². The highest BCUT2D eigenvalue weighted by atomic mass is 16.6. The van der Waals surface area contributed by atoms with Crippen LogP contribution in [0.4, 0.5) is 17.1 Å². The summed E-state index contributed by atoms with van der Waals surface area (Å²) in [5, 5.41) is 16.6. The van der Waals surface area contributed by atoms with E-state index in [4.69, 9.17) is 9.15 Å². The van der Waals surface area contributed by atoms with Gasteiger partial charge in [0.1, 0.15) is 5.69 Å². The van der Waals surface area contributed by atoms with E-state index in [2.05, 4.69) is 10.6 Å². The lowest BCUT2D eigenvalue weighted by molar-refractivity contribution is -0.384. The standard InChI is InChI=1S/C27H21N3O7/c1-17-9-14-21(22(16-17)30(34)35)29-26(32)24(18-6-3-2-4-7-18)37-27(33)19-10-12-20(13-11-19)28-25(31)23-8-5-15-36-23/h2-16,24H,1H3,(H,28,31)(H,29,32). The smallest absolute Gasteiger partial charge is 0.339 e. The zero-order valence-corrected chi connectivity index (χ0v) is 19.5. The van der Waals surface area contributed by atoms with E-state index in [0.29, 0.717) is 16.8 Å². The summed E-state index contributed by atoms with van der Waals surface area (Å²) in [5.41, 5.74) is 1.28. The fourth-order valence-electron chi connectivity index (χ4n) is 3.46. The van der Waals surface area contributed by atoms with Crippen molar-refractivity contribution in [3.63, 3.8) is 0 Å². The number of carbonyl (C=O) groups excluding carboxylic acids is 3. The van der Waals surface area contributed by atoms with Crippen LogP contribution in [-0.4, -0.2) is 22.7 Å². The molecule has 0 radical (unpaired) electrons. The molecular weight excluding hydrogens is 478 g/mol. The third-order valence-corrected chi connectivity index (χ3v) is 5.30. The molecule has 0 saturated carbocycles. The van der Waals surface area contributed by atoms with Crippen LogP contribution in [0.3, 0.4) is 0 Å². The van der Waals surface area contributed by atoms with Crippen molar-refractivity contribution in [3.8, 4) is 0 Å². The van der Waals surface area contributed by atoms with Gasteiger partial charge in [0.15, 0.2) is 5.76 Å². The third-order valence-electron chi connectivity index (χ3n) is 5.30. The minimum Gasteiger partial charge on any atom is -0.459 e. The van der Waals surface area contributed by atoms with E-state index in [1.807, 2.05) is 0 Å². The first-order valence-corrected chi connectivity index (χ1v) is 11.1. The van der Waals surface area contributed by atoms with Gasteiger partial charge in [0, 0.05) is 17.3 Å². The molecule has 10 nitrogen and oxygen atoms in total. The molecule has 37 heavy (non-hydrogen) atoms. The van der Waals surface area contributed by atoms with Crippen LogP contribution in [0.15, 0.2) is 95.6 Å². The first-order valence-electron chi connectivity index (χ1n) is 11.1. The van der Waals surface area contributed by atoms with Gasteiger partial charge >= 0.3 is 5.97 Å². The van der Waals surface area contributed by atoms with E-state index in [0.717, 1.165) is 0 Å². The molecule has 1 unspecified atom stereocenters. The number of aryl methyl sites for hydroxylation is 1. The van der Waals surface area contributed by atoms with Crippen LogP contribution >= 0.6 is 0 Å². The Labute approximate surface area is 211 Å². The maximum atomic E-state index is 13.2. The van der Waals surface area contributed by atoms with Crippen molar-refractivity contribution < 1.29 is 28.5 Å². The number of carbonyl (C=O) groups is 3. The maximum absolute atomic E-state index is 13.2. The molecule has 2 amide bonds. The average Bonchev–Trinajstić information content (AvgIpc) is 3.44. The van der Waals surface area contributed by atoms with Crippen LogP contribution in [0.25, 0.3) is 0 Å². The Balaban J connectivity index is 1.52. The van der Waals surface area contributed by atoms with Gasteiger partial charge < -0.3 is 19.8 Å². The number of nitro groups is 1. The summed E-state index contributed by atoms with van der Waals surface area (Å²) in [5.74, 6) is -1.87. The number of esters is 1. The predicted molar refractivity (Wildman–Crippen MR) is 134 cm³/mol. The van der Waals surface area contributed by atoms with Gasteiger partial charge in [0.25, 0.3) is 17.5 Å². The van der Waals surface area contributed by atoms with Gasteiger partial charge in [0.05, 0.1) is 16.7 Å². The van der Waals surface area contributed by atoms with E-state index in [9.17, 15) is 24.5 Å². The number of rotatable bonds is 8. The molecule has 0 aliphatic rings. The molecule has 0 bridgehead atoms. The van der Waals surface area contributed by atoms with Gasteiger partial charge in [-0.3, -0.25) is 19.7 Å². The molecule has 0 aliphatic heterocycles. The number of benzene rings is 3. The largest absolute Gasteiger partial charge is 0.459 e. The summed E-state index contributed by atoms with van der Waals surface area (Å²) in [6.45, 7) is 1.70. The molecule has 0 spiro atoms. The molecule has 1 atom stereocenters. The normalized spacial score (nSPS) is 11.3. The van der Waals surface area contributed by atoms with Crippen molar-refractivity contribution in [3.05, 3.63) is 124 Å². The third kappa shape index (κ3) is 6.06. The lowest BCUT2D eigenvalue weighted by atomic mass is 10.1. The van der Waals surface area contributed by atoms with Crippen molar-refractivity contribution in [1.82, 2.24) is 0 Å². The first kappa shape index (κ1) is 24.9. The van der Waals surface area contributed by atoms with Crippen LogP contribution in [0.1, 0.15) is 38.1 Å². The number of furan rings is 1. The molecule has 4 rings (SSSR count). The van der Waals surface area contributed by atoms with E-state index in [1.165, 1.54) is 48.7 Å². The monoisotopic (exact) mass is 499 g/mol. The SMILES string of the molecule is Cc1ccc(NC(=O)C(OC(=O)c2ccc(NC(=O)c3ccco3)cc2)c2ccccc2)c([N+](=O)[O-])c1. The summed E-state index contributed by atoms with van der Waals surface area (Å²) >= 11 is 0.